The lowest BCUT2D eigenvalue weighted by Crippen LogP contribution is -2.46. The van der Waals surface area contributed by atoms with Crippen LogP contribution in [-0.2, 0) is 0 Å². The van der Waals surface area contributed by atoms with Gasteiger partial charge in [0.15, 0.2) is 0 Å². The summed E-state index contributed by atoms with van der Waals surface area (Å²) >= 11 is 0. The molecule has 1 rings (SSSR count). The van der Waals surface area contributed by atoms with E-state index in [0.717, 1.165) is 0 Å². The lowest BCUT2D eigenvalue weighted by molar-refractivity contribution is 0.115. The second kappa shape index (κ2) is 7.38. The van der Waals surface area contributed by atoms with Gasteiger partial charge in [-0.05, 0) is 38.3 Å². The summed E-state index contributed by atoms with van der Waals surface area (Å²) in [6, 6.07) is 0.616. The molecule has 0 aromatic heterocycles. The first-order chi connectivity index (χ1) is 8.08. The maximum absolute atomic E-state index is 3.68. The van der Waals surface area contributed by atoms with Crippen LogP contribution in [0, 0.1) is 5.41 Å². The molecule has 2 heteroatoms. The predicted molar refractivity (Wildman–Crippen MR) is 76.4 cm³/mol. The van der Waals surface area contributed by atoms with Crippen molar-refractivity contribution in [3.63, 3.8) is 0 Å². The van der Waals surface area contributed by atoms with Gasteiger partial charge in [0, 0.05) is 19.1 Å². The first kappa shape index (κ1) is 15.0. The maximum atomic E-state index is 3.68. The molecule has 0 unspecified atom stereocenters. The number of rotatable bonds is 7. The molecule has 1 aliphatic rings. The van der Waals surface area contributed by atoms with Gasteiger partial charge in [0.2, 0.25) is 0 Å². The van der Waals surface area contributed by atoms with Crippen LogP contribution in [0.15, 0.2) is 0 Å². The Bertz CT molecular complexity index is 195. The van der Waals surface area contributed by atoms with Gasteiger partial charge in [-0.25, -0.2) is 0 Å². The first-order valence-electron chi connectivity index (χ1n) is 7.50. The Balaban J connectivity index is 2.51. The topological polar surface area (TPSA) is 15.3 Å². The van der Waals surface area contributed by atoms with Gasteiger partial charge in [0.05, 0.1) is 0 Å². The number of nitrogens with one attached hydrogen (secondary N) is 1. The van der Waals surface area contributed by atoms with E-state index in [-0.39, 0.29) is 0 Å². The number of hydrogen-bond donors (Lipinski definition) is 1. The van der Waals surface area contributed by atoms with Crippen LogP contribution in [0.4, 0.5) is 0 Å². The van der Waals surface area contributed by atoms with E-state index in [1.807, 2.05) is 0 Å². The van der Waals surface area contributed by atoms with E-state index in [4.69, 9.17) is 0 Å². The molecule has 0 spiro atoms. The molecule has 0 radical (unpaired) electrons. The van der Waals surface area contributed by atoms with Gasteiger partial charge >= 0.3 is 0 Å². The summed E-state index contributed by atoms with van der Waals surface area (Å²) < 4.78 is 0. The van der Waals surface area contributed by atoms with Crippen molar-refractivity contribution < 1.29 is 0 Å². The van der Waals surface area contributed by atoms with Crippen molar-refractivity contribution in [3.8, 4) is 0 Å². The third kappa shape index (κ3) is 5.39. The zero-order valence-electron chi connectivity index (χ0n) is 12.4. The molecule has 0 heterocycles. The minimum Gasteiger partial charge on any atom is -0.314 e. The molecule has 2 nitrogen and oxygen atoms in total. The number of nitrogens with zero attached hydrogens (tertiary/aromatic N) is 1. The smallest absolute Gasteiger partial charge is 0.00471 e. The van der Waals surface area contributed by atoms with Crippen LogP contribution in [0.3, 0.4) is 0 Å². The first-order valence-corrected chi connectivity index (χ1v) is 7.50. The molecule has 17 heavy (non-hydrogen) atoms. The lowest BCUT2D eigenvalue weighted by atomic mass is 9.73. The van der Waals surface area contributed by atoms with Crippen molar-refractivity contribution in [2.75, 3.05) is 26.7 Å². The van der Waals surface area contributed by atoms with E-state index < -0.39 is 0 Å². The summed E-state index contributed by atoms with van der Waals surface area (Å²) in [6.45, 7) is 10.5. The lowest BCUT2D eigenvalue weighted by Gasteiger charge is -2.41. The third-order valence-corrected chi connectivity index (χ3v) is 4.01. The van der Waals surface area contributed by atoms with Crippen molar-refractivity contribution in [1.29, 1.82) is 0 Å². The van der Waals surface area contributed by atoms with Gasteiger partial charge < -0.3 is 10.2 Å². The SMILES string of the molecule is CCCN(C)CC1(CNC(C)C)CCCCC1. The van der Waals surface area contributed by atoms with Crippen molar-refractivity contribution in [1.82, 2.24) is 10.2 Å². The molecular formula is C15H32N2. The molecule has 1 N–H and O–H groups in total. The molecule has 0 aliphatic heterocycles. The normalized spacial score (nSPS) is 20.1. The van der Waals surface area contributed by atoms with E-state index in [9.17, 15) is 0 Å². The quantitative estimate of drug-likeness (QED) is 0.735. The molecular weight excluding hydrogens is 208 g/mol. The molecule has 0 amide bonds. The molecule has 1 fully saturated rings. The molecule has 0 saturated heterocycles. The van der Waals surface area contributed by atoms with E-state index in [0.29, 0.717) is 11.5 Å². The fourth-order valence-corrected chi connectivity index (χ4v) is 3.15. The Morgan fingerprint density at radius 2 is 1.82 bits per heavy atom. The molecule has 0 bridgehead atoms. The Morgan fingerprint density at radius 1 is 1.18 bits per heavy atom. The third-order valence-electron chi connectivity index (χ3n) is 4.01. The fraction of sp³-hybridized carbons (Fsp3) is 1.00. The minimum atomic E-state index is 0.548. The molecule has 102 valence electrons. The van der Waals surface area contributed by atoms with Crippen LogP contribution in [-0.4, -0.2) is 37.6 Å². The Kier molecular flexibility index (Phi) is 6.50. The highest BCUT2D eigenvalue weighted by Crippen LogP contribution is 2.36. The van der Waals surface area contributed by atoms with Crippen LogP contribution < -0.4 is 5.32 Å². The van der Waals surface area contributed by atoms with Gasteiger partial charge in [-0.2, -0.15) is 0 Å². The standard InChI is InChI=1S/C15H32N2/c1-5-11-17(4)13-15(12-16-14(2)3)9-7-6-8-10-15/h14,16H,5-13H2,1-4H3. The Hall–Kier alpha value is -0.0800. The van der Waals surface area contributed by atoms with Crippen LogP contribution in [0.2, 0.25) is 0 Å². The Labute approximate surface area is 108 Å². The van der Waals surface area contributed by atoms with Crippen LogP contribution in [0.5, 0.6) is 0 Å². The summed E-state index contributed by atoms with van der Waals surface area (Å²) in [4.78, 5) is 2.54. The van der Waals surface area contributed by atoms with Crippen LogP contribution in [0.1, 0.15) is 59.3 Å². The van der Waals surface area contributed by atoms with Crippen LogP contribution >= 0.6 is 0 Å². The Morgan fingerprint density at radius 3 is 2.35 bits per heavy atom. The number of hydrogen-bond acceptors (Lipinski definition) is 2. The van der Waals surface area contributed by atoms with E-state index in [2.05, 4.69) is 38.0 Å². The summed E-state index contributed by atoms with van der Waals surface area (Å²) in [7, 11) is 2.29. The summed E-state index contributed by atoms with van der Waals surface area (Å²) in [5.41, 5.74) is 0.548. The van der Waals surface area contributed by atoms with Gasteiger partial charge in [-0.3, -0.25) is 0 Å². The summed E-state index contributed by atoms with van der Waals surface area (Å²) in [6.07, 6.45) is 8.41. The highest BCUT2D eigenvalue weighted by molar-refractivity contribution is 4.87. The molecule has 0 aromatic rings. The minimum absolute atomic E-state index is 0.548. The van der Waals surface area contributed by atoms with Crippen molar-refractivity contribution in [3.05, 3.63) is 0 Å². The monoisotopic (exact) mass is 240 g/mol. The second-order valence-corrected chi connectivity index (χ2v) is 6.33. The largest absolute Gasteiger partial charge is 0.314 e. The zero-order chi connectivity index (χ0) is 12.7. The van der Waals surface area contributed by atoms with E-state index >= 15 is 0 Å². The molecule has 1 saturated carbocycles. The fourth-order valence-electron chi connectivity index (χ4n) is 3.15. The van der Waals surface area contributed by atoms with Crippen molar-refractivity contribution in [2.24, 2.45) is 5.41 Å². The van der Waals surface area contributed by atoms with Gasteiger partial charge in [0.1, 0.15) is 0 Å². The van der Waals surface area contributed by atoms with E-state index in [1.54, 1.807) is 0 Å². The maximum Gasteiger partial charge on any atom is 0.00471 e. The van der Waals surface area contributed by atoms with Crippen molar-refractivity contribution >= 4 is 0 Å². The zero-order valence-corrected chi connectivity index (χ0v) is 12.4. The summed E-state index contributed by atoms with van der Waals surface area (Å²) in [5, 5.41) is 3.68. The highest BCUT2D eigenvalue weighted by Gasteiger charge is 2.32. The highest BCUT2D eigenvalue weighted by atomic mass is 15.1. The van der Waals surface area contributed by atoms with Gasteiger partial charge in [0.25, 0.3) is 0 Å². The van der Waals surface area contributed by atoms with Gasteiger partial charge in [-0.15, -0.1) is 0 Å². The average Bonchev–Trinajstić information content (AvgIpc) is 2.28. The van der Waals surface area contributed by atoms with Gasteiger partial charge in [-0.1, -0.05) is 40.0 Å². The second-order valence-electron chi connectivity index (χ2n) is 6.33. The molecule has 1 aliphatic carbocycles. The summed E-state index contributed by atoms with van der Waals surface area (Å²) in [5.74, 6) is 0. The average molecular weight is 240 g/mol. The molecule has 0 atom stereocenters. The van der Waals surface area contributed by atoms with E-state index in [1.165, 1.54) is 58.2 Å². The predicted octanol–water partition coefficient (Wildman–Crippen LogP) is 3.28. The van der Waals surface area contributed by atoms with Crippen molar-refractivity contribution in [2.45, 2.75) is 65.3 Å². The van der Waals surface area contributed by atoms with Crippen LogP contribution in [0.25, 0.3) is 0 Å². The molecule has 0 aromatic carbocycles.